The van der Waals surface area contributed by atoms with Crippen LogP contribution in [0.15, 0.2) is 36.7 Å². The van der Waals surface area contributed by atoms with Crippen molar-refractivity contribution >= 4 is 5.69 Å². The Bertz CT molecular complexity index is 587. The van der Waals surface area contributed by atoms with Crippen LogP contribution in [0.2, 0.25) is 0 Å². The standard InChI is InChI=1S/C15H17F2N3/c1-2-20-15(8-11-9-19-6-5-14(11)18)10-3-4-12(16)13(17)7-10/h3-7,9,15,20H,2,8H2,1H3,(H2,18,19). The molecule has 0 amide bonds. The molecule has 0 radical (unpaired) electrons. The van der Waals surface area contributed by atoms with E-state index in [1.54, 1.807) is 24.5 Å². The fraction of sp³-hybridized carbons (Fsp3) is 0.267. The van der Waals surface area contributed by atoms with Gasteiger partial charge in [-0.3, -0.25) is 4.98 Å². The Morgan fingerprint density at radius 1 is 1.25 bits per heavy atom. The van der Waals surface area contributed by atoms with Crippen molar-refractivity contribution in [3.63, 3.8) is 0 Å². The highest BCUT2D eigenvalue weighted by Gasteiger charge is 2.15. The molecule has 3 nitrogen and oxygen atoms in total. The quantitative estimate of drug-likeness (QED) is 0.883. The topological polar surface area (TPSA) is 50.9 Å². The van der Waals surface area contributed by atoms with E-state index in [0.29, 0.717) is 24.2 Å². The number of halogens is 2. The van der Waals surface area contributed by atoms with Crippen LogP contribution in [0.4, 0.5) is 14.5 Å². The lowest BCUT2D eigenvalue weighted by Crippen LogP contribution is -2.23. The van der Waals surface area contributed by atoms with E-state index in [1.807, 2.05) is 6.92 Å². The van der Waals surface area contributed by atoms with Crippen molar-refractivity contribution in [2.24, 2.45) is 0 Å². The van der Waals surface area contributed by atoms with Crippen LogP contribution in [0.5, 0.6) is 0 Å². The van der Waals surface area contributed by atoms with Gasteiger partial charge < -0.3 is 11.1 Å². The van der Waals surface area contributed by atoms with Crippen molar-refractivity contribution in [1.82, 2.24) is 10.3 Å². The molecule has 2 rings (SSSR count). The fourth-order valence-electron chi connectivity index (χ4n) is 2.11. The third kappa shape index (κ3) is 3.30. The molecule has 0 saturated heterocycles. The van der Waals surface area contributed by atoms with Gasteiger partial charge in [0.1, 0.15) is 0 Å². The van der Waals surface area contributed by atoms with E-state index in [9.17, 15) is 8.78 Å². The Morgan fingerprint density at radius 3 is 2.70 bits per heavy atom. The molecular formula is C15H17F2N3. The van der Waals surface area contributed by atoms with E-state index in [0.717, 1.165) is 11.6 Å². The number of pyridine rings is 1. The van der Waals surface area contributed by atoms with Gasteiger partial charge in [0.05, 0.1) is 0 Å². The van der Waals surface area contributed by atoms with Crippen molar-refractivity contribution < 1.29 is 8.78 Å². The number of rotatable bonds is 5. The molecule has 1 heterocycles. The molecule has 2 aromatic rings. The first-order valence-electron chi connectivity index (χ1n) is 6.48. The summed E-state index contributed by atoms with van der Waals surface area (Å²) in [5, 5.41) is 3.25. The average Bonchev–Trinajstić information content (AvgIpc) is 2.44. The molecule has 0 saturated carbocycles. The largest absolute Gasteiger partial charge is 0.398 e. The van der Waals surface area contributed by atoms with E-state index in [4.69, 9.17) is 5.73 Å². The number of benzene rings is 1. The maximum atomic E-state index is 13.4. The summed E-state index contributed by atoms with van der Waals surface area (Å²) in [6.07, 6.45) is 3.89. The number of nitrogens with two attached hydrogens (primary N) is 1. The molecule has 0 fully saturated rings. The number of hydrogen-bond donors (Lipinski definition) is 2. The Labute approximate surface area is 116 Å². The third-order valence-corrected chi connectivity index (χ3v) is 3.16. The van der Waals surface area contributed by atoms with Crippen LogP contribution in [-0.2, 0) is 6.42 Å². The second kappa shape index (κ2) is 6.43. The summed E-state index contributed by atoms with van der Waals surface area (Å²) >= 11 is 0. The van der Waals surface area contributed by atoms with Crippen molar-refractivity contribution in [3.05, 3.63) is 59.4 Å². The van der Waals surface area contributed by atoms with E-state index < -0.39 is 11.6 Å². The van der Waals surface area contributed by atoms with E-state index in [1.165, 1.54) is 6.07 Å². The number of likely N-dealkylation sites (N-methyl/N-ethyl adjacent to an activating group) is 1. The number of anilines is 1. The van der Waals surface area contributed by atoms with E-state index in [-0.39, 0.29) is 6.04 Å². The highest BCUT2D eigenvalue weighted by atomic mass is 19.2. The lowest BCUT2D eigenvalue weighted by atomic mass is 9.98. The number of hydrogen-bond acceptors (Lipinski definition) is 3. The normalized spacial score (nSPS) is 12.3. The highest BCUT2D eigenvalue weighted by Crippen LogP contribution is 2.22. The first-order valence-corrected chi connectivity index (χ1v) is 6.48. The summed E-state index contributed by atoms with van der Waals surface area (Å²) in [6.45, 7) is 2.67. The van der Waals surface area contributed by atoms with E-state index in [2.05, 4.69) is 10.3 Å². The molecular weight excluding hydrogens is 260 g/mol. The van der Waals surface area contributed by atoms with Crippen molar-refractivity contribution in [2.45, 2.75) is 19.4 Å². The number of nitrogen functional groups attached to an aromatic ring is 1. The molecule has 1 atom stereocenters. The molecule has 0 aliphatic carbocycles. The zero-order valence-corrected chi connectivity index (χ0v) is 11.2. The predicted molar refractivity (Wildman–Crippen MR) is 75.1 cm³/mol. The molecule has 0 bridgehead atoms. The highest BCUT2D eigenvalue weighted by molar-refractivity contribution is 5.45. The molecule has 106 valence electrons. The number of nitrogens with one attached hydrogen (secondary N) is 1. The molecule has 5 heteroatoms. The Kier molecular flexibility index (Phi) is 4.63. The van der Waals surface area contributed by atoms with Gasteiger partial charge in [-0.15, -0.1) is 0 Å². The Balaban J connectivity index is 2.27. The van der Waals surface area contributed by atoms with Gasteiger partial charge >= 0.3 is 0 Å². The molecule has 1 aromatic heterocycles. The van der Waals surface area contributed by atoms with Crippen LogP contribution >= 0.6 is 0 Å². The second-order valence-corrected chi connectivity index (χ2v) is 4.56. The van der Waals surface area contributed by atoms with Gasteiger partial charge in [-0.1, -0.05) is 13.0 Å². The minimum Gasteiger partial charge on any atom is -0.398 e. The van der Waals surface area contributed by atoms with Crippen LogP contribution in [-0.4, -0.2) is 11.5 Å². The van der Waals surface area contributed by atoms with Crippen LogP contribution in [0.1, 0.15) is 24.1 Å². The first kappa shape index (κ1) is 14.4. The maximum Gasteiger partial charge on any atom is 0.159 e. The molecule has 20 heavy (non-hydrogen) atoms. The predicted octanol–water partition coefficient (Wildman–Crippen LogP) is 2.84. The zero-order chi connectivity index (χ0) is 14.5. The number of aromatic nitrogens is 1. The van der Waals surface area contributed by atoms with Gasteiger partial charge in [0, 0.05) is 24.1 Å². The zero-order valence-electron chi connectivity index (χ0n) is 11.2. The minimum absolute atomic E-state index is 0.137. The van der Waals surface area contributed by atoms with E-state index >= 15 is 0 Å². The minimum atomic E-state index is -0.843. The average molecular weight is 277 g/mol. The summed E-state index contributed by atoms with van der Waals surface area (Å²) in [5.74, 6) is -1.69. The number of nitrogens with zero attached hydrogens (tertiary/aromatic N) is 1. The fourth-order valence-corrected chi connectivity index (χ4v) is 2.11. The molecule has 3 N–H and O–H groups in total. The summed E-state index contributed by atoms with van der Waals surface area (Å²) in [4.78, 5) is 4.04. The molecule has 0 aliphatic rings. The van der Waals surface area contributed by atoms with Crippen LogP contribution in [0.25, 0.3) is 0 Å². The van der Waals surface area contributed by atoms with Crippen molar-refractivity contribution in [3.8, 4) is 0 Å². The third-order valence-electron chi connectivity index (χ3n) is 3.16. The van der Waals surface area contributed by atoms with Crippen LogP contribution in [0.3, 0.4) is 0 Å². The van der Waals surface area contributed by atoms with Gasteiger partial charge in [-0.05, 0) is 42.3 Å². The molecule has 0 spiro atoms. The van der Waals surface area contributed by atoms with Crippen molar-refractivity contribution in [2.75, 3.05) is 12.3 Å². The maximum absolute atomic E-state index is 13.4. The van der Waals surface area contributed by atoms with Crippen molar-refractivity contribution in [1.29, 1.82) is 0 Å². The van der Waals surface area contributed by atoms with Gasteiger partial charge in [0.15, 0.2) is 11.6 Å². The van der Waals surface area contributed by atoms with Gasteiger partial charge in [0.2, 0.25) is 0 Å². The molecule has 1 aromatic carbocycles. The second-order valence-electron chi connectivity index (χ2n) is 4.56. The van der Waals surface area contributed by atoms with Crippen LogP contribution in [0, 0.1) is 11.6 Å². The smallest absolute Gasteiger partial charge is 0.159 e. The Hall–Kier alpha value is -2.01. The summed E-state index contributed by atoms with van der Waals surface area (Å²) in [6, 6.07) is 5.53. The first-order chi connectivity index (χ1) is 9.61. The summed E-state index contributed by atoms with van der Waals surface area (Å²) in [7, 11) is 0. The van der Waals surface area contributed by atoms with Gasteiger partial charge in [0.25, 0.3) is 0 Å². The van der Waals surface area contributed by atoms with Gasteiger partial charge in [-0.25, -0.2) is 8.78 Å². The lowest BCUT2D eigenvalue weighted by molar-refractivity contribution is 0.497. The molecule has 0 aliphatic heterocycles. The summed E-state index contributed by atoms with van der Waals surface area (Å²) < 4.78 is 26.4. The monoisotopic (exact) mass is 277 g/mol. The Morgan fingerprint density at radius 2 is 2.05 bits per heavy atom. The van der Waals surface area contributed by atoms with Gasteiger partial charge in [-0.2, -0.15) is 0 Å². The summed E-state index contributed by atoms with van der Waals surface area (Å²) in [5.41, 5.74) is 8.11. The van der Waals surface area contributed by atoms with Crippen LogP contribution < -0.4 is 11.1 Å². The molecule has 1 unspecified atom stereocenters. The lowest BCUT2D eigenvalue weighted by Gasteiger charge is -2.19. The SMILES string of the molecule is CCNC(Cc1cnccc1N)c1ccc(F)c(F)c1.